The van der Waals surface area contributed by atoms with Crippen molar-refractivity contribution in [3.05, 3.63) is 28.7 Å². The van der Waals surface area contributed by atoms with Crippen LogP contribution in [0.1, 0.15) is 0 Å². The Morgan fingerprint density at radius 2 is 2.38 bits per heavy atom. The molecule has 0 radical (unpaired) electrons. The number of ether oxygens (including phenoxy) is 1. The molecular weight excluding hydrogens is 272 g/mol. The zero-order valence-corrected chi connectivity index (χ0v) is 9.98. The van der Waals surface area contributed by atoms with Gasteiger partial charge in [-0.2, -0.15) is 5.26 Å². The number of halogens is 1. The Labute approximate surface area is 102 Å². The van der Waals surface area contributed by atoms with Crippen molar-refractivity contribution in [2.24, 2.45) is 0 Å². The van der Waals surface area contributed by atoms with Gasteiger partial charge >= 0.3 is 0 Å². The summed E-state index contributed by atoms with van der Waals surface area (Å²) >= 11 is 3.35. The summed E-state index contributed by atoms with van der Waals surface area (Å²) in [6.07, 6.45) is -0.545. The average molecular weight is 281 g/mol. The van der Waals surface area contributed by atoms with Crippen molar-refractivity contribution in [1.29, 1.82) is 5.26 Å². The van der Waals surface area contributed by atoms with E-state index < -0.39 is 6.10 Å². The van der Waals surface area contributed by atoms with Crippen LogP contribution >= 0.6 is 15.9 Å². The number of nitriles is 1. The topological polar surface area (TPSA) is 53.3 Å². The van der Waals surface area contributed by atoms with Crippen LogP contribution in [0, 0.1) is 11.3 Å². The molecule has 0 aliphatic carbocycles. The SMILES string of the molecule is N#CC1CN(c2cccc(Br)c2)C(=O)CO1. The van der Waals surface area contributed by atoms with Gasteiger partial charge in [0.1, 0.15) is 6.61 Å². The summed E-state index contributed by atoms with van der Waals surface area (Å²) in [6, 6.07) is 9.43. The molecule has 1 saturated heterocycles. The molecule has 4 nitrogen and oxygen atoms in total. The van der Waals surface area contributed by atoms with E-state index in [1.54, 1.807) is 4.90 Å². The van der Waals surface area contributed by atoms with E-state index in [0.29, 0.717) is 0 Å². The third kappa shape index (κ3) is 2.23. The summed E-state index contributed by atoms with van der Waals surface area (Å²) in [7, 11) is 0. The molecule has 0 bridgehead atoms. The minimum absolute atomic E-state index is 0.0370. The fourth-order valence-electron chi connectivity index (χ4n) is 1.54. The molecule has 16 heavy (non-hydrogen) atoms. The second kappa shape index (κ2) is 4.64. The van der Waals surface area contributed by atoms with E-state index in [1.807, 2.05) is 30.3 Å². The molecule has 0 saturated carbocycles. The van der Waals surface area contributed by atoms with E-state index in [9.17, 15) is 4.79 Å². The summed E-state index contributed by atoms with van der Waals surface area (Å²) in [5.74, 6) is -0.121. The molecule has 1 aliphatic heterocycles. The number of rotatable bonds is 1. The first-order valence-electron chi connectivity index (χ1n) is 4.78. The highest BCUT2D eigenvalue weighted by molar-refractivity contribution is 9.10. The molecule has 1 aromatic carbocycles. The normalized spacial score (nSPS) is 20.6. The number of nitrogens with zero attached hydrogens (tertiary/aromatic N) is 2. The van der Waals surface area contributed by atoms with Crippen molar-refractivity contribution in [2.75, 3.05) is 18.1 Å². The zero-order valence-electron chi connectivity index (χ0n) is 8.39. The number of hydrogen-bond acceptors (Lipinski definition) is 3. The molecule has 1 aliphatic rings. The third-order valence-electron chi connectivity index (χ3n) is 2.32. The van der Waals surface area contributed by atoms with Gasteiger partial charge in [-0.3, -0.25) is 4.79 Å². The quantitative estimate of drug-likeness (QED) is 0.787. The van der Waals surface area contributed by atoms with E-state index >= 15 is 0 Å². The largest absolute Gasteiger partial charge is 0.352 e. The Bertz CT molecular complexity index is 456. The summed E-state index contributed by atoms with van der Waals surface area (Å²) in [4.78, 5) is 13.2. The Kier molecular flexibility index (Phi) is 3.22. The summed E-state index contributed by atoms with van der Waals surface area (Å²) in [5, 5.41) is 8.77. The molecule has 1 atom stereocenters. The molecule has 1 heterocycles. The minimum atomic E-state index is -0.545. The van der Waals surface area contributed by atoms with E-state index in [-0.39, 0.29) is 19.1 Å². The van der Waals surface area contributed by atoms with Gasteiger partial charge in [0.05, 0.1) is 12.6 Å². The van der Waals surface area contributed by atoms with Crippen LogP contribution in [0.2, 0.25) is 0 Å². The monoisotopic (exact) mass is 280 g/mol. The number of benzene rings is 1. The lowest BCUT2D eigenvalue weighted by Crippen LogP contribution is -2.46. The first-order valence-corrected chi connectivity index (χ1v) is 5.57. The van der Waals surface area contributed by atoms with Gasteiger partial charge in [-0.15, -0.1) is 0 Å². The van der Waals surface area contributed by atoms with E-state index in [2.05, 4.69) is 15.9 Å². The van der Waals surface area contributed by atoms with Crippen LogP contribution < -0.4 is 4.90 Å². The van der Waals surface area contributed by atoms with Crippen LogP contribution in [0.4, 0.5) is 5.69 Å². The molecule has 2 rings (SSSR count). The third-order valence-corrected chi connectivity index (χ3v) is 2.81. The van der Waals surface area contributed by atoms with Gasteiger partial charge in [0.2, 0.25) is 0 Å². The van der Waals surface area contributed by atoms with Crippen LogP contribution in [0.5, 0.6) is 0 Å². The highest BCUT2D eigenvalue weighted by atomic mass is 79.9. The Morgan fingerprint density at radius 3 is 3.06 bits per heavy atom. The van der Waals surface area contributed by atoms with Gasteiger partial charge in [0, 0.05) is 10.2 Å². The fraction of sp³-hybridized carbons (Fsp3) is 0.273. The van der Waals surface area contributed by atoms with E-state index in [0.717, 1.165) is 10.2 Å². The molecule has 0 N–H and O–H groups in total. The first-order chi connectivity index (χ1) is 7.70. The summed E-state index contributed by atoms with van der Waals surface area (Å²) < 4.78 is 5.96. The van der Waals surface area contributed by atoms with Gasteiger partial charge in [0.25, 0.3) is 5.91 Å². The van der Waals surface area contributed by atoms with Crippen LogP contribution in [-0.2, 0) is 9.53 Å². The van der Waals surface area contributed by atoms with Crippen molar-refractivity contribution < 1.29 is 9.53 Å². The zero-order chi connectivity index (χ0) is 11.5. The van der Waals surface area contributed by atoms with Crippen LogP contribution in [0.25, 0.3) is 0 Å². The van der Waals surface area contributed by atoms with Crippen LogP contribution in [0.15, 0.2) is 28.7 Å². The van der Waals surface area contributed by atoms with Crippen molar-refractivity contribution in [3.8, 4) is 6.07 Å². The summed E-state index contributed by atoms with van der Waals surface area (Å²) in [5.41, 5.74) is 0.780. The predicted octanol–water partition coefficient (Wildman–Crippen LogP) is 1.70. The number of anilines is 1. The summed E-state index contributed by atoms with van der Waals surface area (Å²) in [6.45, 7) is 0.247. The Hall–Kier alpha value is -1.38. The second-order valence-electron chi connectivity index (χ2n) is 3.41. The average Bonchev–Trinajstić information content (AvgIpc) is 2.30. The molecule has 82 valence electrons. The molecule has 0 spiro atoms. The lowest BCUT2D eigenvalue weighted by atomic mass is 10.2. The highest BCUT2D eigenvalue weighted by Crippen LogP contribution is 2.22. The first kappa shape index (κ1) is 11.1. The van der Waals surface area contributed by atoms with Crippen molar-refractivity contribution in [2.45, 2.75) is 6.10 Å². The smallest absolute Gasteiger partial charge is 0.253 e. The lowest BCUT2D eigenvalue weighted by Gasteiger charge is -2.29. The standard InChI is InChI=1S/C11H9BrN2O2/c12-8-2-1-3-9(4-8)14-6-10(5-13)16-7-11(14)15/h1-4,10H,6-7H2. The Morgan fingerprint density at radius 1 is 1.56 bits per heavy atom. The van der Waals surface area contributed by atoms with Crippen molar-refractivity contribution in [1.82, 2.24) is 0 Å². The number of amides is 1. The molecule has 1 fully saturated rings. The van der Waals surface area contributed by atoms with Gasteiger partial charge < -0.3 is 9.64 Å². The number of carbonyl (C=O) groups is 1. The maximum Gasteiger partial charge on any atom is 0.253 e. The number of hydrogen-bond donors (Lipinski definition) is 0. The van der Waals surface area contributed by atoms with Gasteiger partial charge in [-0.05, 0) is 18.2 Å². The molecule has 1 aromatic rings. The van der Waals surface area contributed by atoms with Crippen LogP contribution in [0.3, 0.4) is 0 Å². The molecule has 0 aromatic heterocycles. The lowest BCUT2D eigenvalue weighted by molar-refractivity contribution is -0.127. The minimum Gasteiger partial charge on any atom is -0.352 e. The van der Waals surface area contributed by atoms with Crippen molar-refractivity contribution in [3.63, 3.8) is 0 Å². The maximum absolute atomic E-state index is 11.6. The van der Waals surface area contributed by atoms with Gasteiger partial charge in [-0.25, -0.2) is 0 Å². The van der Waals surface area contributed by atoms with Crippen molar-refractivity contribution >= 4 is 27.5 Å². The fourth-order valence-corrected chi connectivity index (χ4v) is 1.93. The molecule has 1 unspecified atom stereocenters. The number of carbonyl (C=O) groups excluding carboxylic acids is 1. The van der Waals surface area contributed by atoms with E-state index in [1.165, 1.54) is 0 Å². The number of morpholine rings is 1. The molecular formula is C11H9BrN2O2. The van der Waals surface area contributed by atoms with E-state index in [4.69, 9.17) is 10.00 Å². The predicted molar refractivity (Wildman–Crippen MR) is 61.8 cm³/mol. The second-order valence-corrected chi connectivity index (χ2v) is 4.33. The van der Waals surface area contributed by atoms with Crippen LogP contribution in [-0.4, -0.2) is 25.2 Å². The molecule has 1 amide bonds. The highest BCUT2D eigenvalue weighted by Gasteiger charge is 2.27. The van der Waals surface area contributed by atoms with Gasteiger partial charge in [-0.1, -0.05) is 22.0 Å². The Balaban J connectivity index is 2.25. The maximum atomic E-state index is 11.6. The molecule has 5 heteroatoms. The van der Waals surface area contributed by atoms with Gasteiger partial charge in [0.15, 0.2) is 6.10 Å².